The van der Waals surface area contributed by atoms with Crippen LogP contribution in [0, 0.1) is 24.0 Å². The van der Waals surface area contributed by atoms with E-state index in [-0.39, 0.29) is 11.6 Å². The van der Waals surface area contributed by atoms with E-state index in [1.54, 1.807) is 17.0 Å². The van der Waals surface area contributed by atoms with Crippen molar-refractivity contribution in [3.05, 3.63) is 62.3 Å². The third-order valence-corrected chi connectivity index (χ3v) is 5.62. The molecule has 6 nitrogen and oxygen atoms in total. The molecule has 2 aromatic rings. The Labute approximate surface area is 160 Å². The maximum absolute atomic E-state index is 12.4. The number of aryl methyl sites for hydroxylation is 1. The van der Waals surface area contributed by atoms with Crippen molar-refractivity contribution in [2.75, 3.05) is 6.54 Å². The van der Waals surface area contributed by atoms with Crippen LogP contribution in [-0.2, 0) is 4.79 Å². The molecule has 0 saturated carbocycles. The van der Waals surface area contributed by atoms with Gasteiger partial charge in [0.1, 0.15) is 4.32 Å². The molecule has 3 rings (SSSR count). The summed E-state index contributed by atoms with van der Waals surface area (Å²) < 4.78 is 2.51. The van der Waals surface area contributed by atoms with Gasteiger partial charge in [0.2, 0.25) is 0 Å². The van der Waals surface area contributed by atoms with E-state index >= 15 is 0 Å². The number of nitro groups is 1. The number of thioether (sulfide) groups is 1. The number of hydrogen-bond acceptors (Lipinski definition) is 5. The number of rotatable bonds is 4. The van der Waals surface area contributed by atoms with Crippen LogP contribution in [0.4, 0.5) is 5.69 Å². The Morgan fingerprint density at radius 3 is 2.65 bits per heavy atom. The van der Waals surface area contributed by atoms with Gasteiger partial charge in [0.15, 0.2) is 0 Å². The molecular weight excluding hydrogens is 370 g/mol. The first-order chi connectivity index (χ1) is 12.3. The zero-order valence-corrected chi connectivity index (χ0v) is 16.2. The highest BCUT2D eigenvalue weighted by Crippen LogP contribution is 2.34. The summed E-state index contributed by atoms with van der Waals surface area (Å²) in [7, 11) is 0. The molecule has 1 aliphatic rings. The van der Waals surface area contributed by atoms with Crippen LogP contribution in [0.3, 0.4) is 0 Å². The van der Waals surface area contributed by atoms with Crippen LogP contribution < -0.4 is 0 Å². The summed E-state index contributed by atoms with van der Waals surface area (Å²) in [5.74, 6) is -0.0809. The van der Waals surface area contributed by atoms with Gasteiger partial charge >= 0.3 is 0 Å². The number of carbonyl (C=O) groups excluding carboxylic acids is 1. The van der Waals surface area contributed by atoms with Gasteiger partial charge in [0.25, 0.3) is 11.6 Å². The number of thiocarbonyl (C=S) groups is 1. The second-order valence-corrected chi connectivity index (χ2v) is 7.54. The normalized spacial score (nSPS) is 16.0. The Balaban J connectivity index is 2.03. The quantitative estimate of drug-likeness (QED) is 0.340. The van der Waals surface area contributed by atoms with Crippen molar-refractivity contribution in [2.45, 2.75) is 20.8 Å². The Morgan fingerprint density at radius 2 is 2.04 bits per heavy atom. The zero-order valence-electron chi connectivity index (χ0n) is 14.6. The van der Waals surface area contributed by atoms with E-state index in [0.29, 0.717) is 15.8 Å². The van der Waals surface area contributed by atoms with Gasteiger partial charge in [-0.3, -0.25) is 19.8 Å². The molecule has 26 heavy (non-hydrogen) atoms. The minimum atomic E-state index is -0.408. The third kappa shape index (κ3) is 3.17. The fourth-order valence-electron chi connectivity index (χ4n) is 2.99. The standard InChI is InChI=1S/C18H17N3O3S2/c1-4-19-17(22)16(26-18(19)25)9-13-8-11(2)20(12(13)3)14-6-5-7-15(10-14)21(23)24/h5-10H,4H2,1-3H3. The molecule has 1 amide bonds. The first-order valence-corrected chi connectivity index (χ1v) is 9.25. The number of nitro benzene ring substituents is 1. The Hall–Kier alpha value is -2.45. The molecule has 1 fully saturated rings. The van der Waals surface area contributed by atoms with E-state index in [9.17, 15) is 14.9 Å². The highest BCUT2D eigenvalue weighted by Gasteiger charge is 2.31. The summed E-state index contributed by atoms with van der Waals surface area (Å²) in [6.45, 7) is 6.30. The minimum absolute atomic E-state index is 0.0420. The maximum Gasteiger partial charge on any atom is 0.271 e. The molecule has 1 saturated heterocycles. The number of hydrogen-bond donors (Lipinski definition) is 0. The van der Waals surface area contributed by atoms with E-state index in [0.717, 1.165) is 22.6 Å². The SMILES string of the molecule is CCN1C(=O)C(=Cc2cc(C)n(-c3cccc([N+](=O)[O-])c3)c2C)SC1=S. The van der Waals surface area contributed by atoms with E-state index in [1.165, 1.54) is 17.8 Å². The highest BCUT2D eigenvalue weighted by molar-refractivity contribution is 8.26. The Morgan fingerprint density at radius 1 is 1.31 bits per heavy atom. The average Bonchev–Trinajstić information content (AvgIpc) is 3.03. The summed E-state index contributed by atoms with van der Waals surface area (Å²) in [5, 5.41) is 11.0. The monoisotopic (exact) mass is 387 g/mol. The summed E-state index contributed by atoms with van der Waals surface area (Å²) in [4.78, 5) is 25.2. The van der Waals surface area contributed by atoms with Crippen molar-refractivity contribution in [3.63, 3.8) is 0 Å². The van der Waals surface area contributed by atoms with E-state index in [2.05, 4.69) is 0 Å². The molecule has 1 aromatic carbocycles. The number of aromatic nitrogens is 1. The molecule has 0 spiro atoms. The summed E-state index contributed by atoms with van der Waals surface area (Å²) in [6.07, 6.45) is 1.84. The molecule has 8 heteroatoms. The van der Waals surface area contributed by atoms with Crippen LogP contribution in [-0.4, -0.2) is 31.2 Å². The molecule has 0 unspecified atom stereocenters. The third-order valence-electron chi connectivity index (χ3n) is 4.25. The fourth-order valence-corrected chi connectivity index (χ4v) is 4.37. The van der Waals surface area contributed by atoms with Crippen LogP contribution in [0.5, 0.6) is 0 Å². The smallest absolute Gasteiger partial charge is 0.271 e. The molecule has 0 radical (unpaired) electrons. The van der Waals surface area contributed by atoms with Gasteiger partial charge in [-0.05, 0) is 44.5 Å². The van der Waals surface area contributed by atoms with E-state index < -0.39 is 4.92 Å². The van der Waals surface area contributed by atoms with Gasteiger partial charge in [-0.1, -0.05) is 30.0 Å². The van der Waals surface area contributed by atoms with Crippen molar-refractivity contribution < 1.29 is 9.72 Å². The molecule has 1 aliphatic heterocycles. The topological polar surface area (TPSA) is 68.4 Å². The number of amides is 1. The molecule has 0 N–H and O–H groups in total. The first kappa shape index (κ1) is 18.3. The van der Waals surface area contributed by atoms with Crippen molar-refractivity contribution in [1.29, 1.82) is 0 Å². The molecule has 1 aromatic heterocycles. The second kappa shape index (κ2) is 7.05. The van der Waals surface area contributed by atoms with Crippen LogP contribution in [0.25, 0.3) is 11.8 Å². The number of nitrogens with zero attached hydrogens (tertiary/aromatic N) is 3. The van der Waals surface area contributed by atoms with E-state index in [4.69, 9.17) is 12.2 Å². The molecule has 134 valence electrons. The highest BCUT2D eigenvalue weighted by atomic mass is 32.2. The fraction of sp³-hybridized carbons (Fsp3) is 0.222. The lowest BCUT2D eigenvalue weighted by atomic mass is 10.2. The van der Waals surface area contributed by atoms with Crippen molar-refractivity contribution in [1.82, 2.24) is 9.47 Å². The van der Waals surface area contributed by atoms with Crippen LogP contribution in [0.2, 0.25) is 0 Å². The van der Waals surface area contributed by atoms with Crippen LogP contribution in [0.1, 0.15) is 23.9 Å². The van der Waals surface area contributed by atoms with Crippen LogP contribution in [0.15, 0.2) is 35.2 Å². The van der Waals surface area contributed by atoms with Gasteiger partial charge in [-0.25, -0.2) is 0 Å². The molecule has 0 atom stereocenters. The summed E-state index contributed by atoms with van der Waals surface area (Å²) in [5.41, 5.74) is 3.49. The van der Waals surface area contributed by atoms with Crippen molar-refractivity contribution >= 4 is 46.0 Å². The van der Waals surface area contributed by atoms with Crippen LogP contribution >= 0.6 is 24.0 Å². The number of benzene rings is 1. The second-order valence-electron chi connectivity index (χ2n) is 5.86. The molecule has 2 heterocycles. The molecule has 0 bridgehead atoms. The predicted molar refractivity (Wildman–Crippen MR) is 107 cm³/mol. The maximum atomic E-state index is 12.4. The number of carbonyl (C=O) groups is 1. The van der Waals surface area contributed by atoms with Gasteiger partial charge in [0.05, 0.1) is 15.5 Å². The molecular formula is C18H17N3O3S2. The predicted octanol–water partition coefficient (Wildman–Crippen LogP) is 4.22. The first-order valence-electron chi connectivity index (χ1n) is 8.02. The van der Waals surface area contributed by atoms with E-state index in [1.807, 2.05) is 43.5 Å². The van der Waals surface area contributed by atoms with Gasteiger partial charge in [0, 0.05) is 30.1 Å². The lowest BCUT2D eigenvalue weighted by Crippen LogP contribution is -2.27. The molecule has 0 aliphatic carbocycles. The van der Waals surface area contributed by atoms with Gasteiger partial charge in [-0.2, -0.15) is 0 Å². The average molecular weight is 387 g/mol. The lowest BCUT2D eigenvalue weighted by Gasteiger charge is -2.10. The Kier molecular flexibility index (Phi) is 4.97. The lowest BCUT2D eigenvalue weighted by molar-refractivity contribution is -0.384. The Bertz CT molecular complexity index is 963. The number of non-ortho nitro benzene ring substituents is 1. The van der Waals surface area contributed by atoms with Gasteiger partial charge < -0.3 is 4.57 Å². The van der Waals surface area contributed by atoms with Crippen molar-refractivity contribution in [2.24, 2.45) is 0 Å². The zero-order chi connectivity index (χ0) is 19.0. The minimum Gasteiger partial charge on any atom is -0.318 e. The van der Waals surface area contributed by atoms with Crippen molar-refractivity contribution in [3.8, 4) is 5.69 Å². The summed E-state index contributed by atoms with van der Waals surface area (Å²) >= 11 is 6.54. The summed E-state index contributed by atoms with van der Waals surface area (Å²) in [6, 6.07) is 8.47. The van der Waals surface area contributed by atoms with Gasteiger partial charge in [-0.15, -0.1) is 0 Å². The number of likely N-dealkylation sites (N-methyl/N-ethyl adjacent to an activating group) is 1. The largest absolute Gasteiger partial charge is 0.318 e.